The molecule has 1 amide bonds. The minimum absolute atomic E-state index is 0.0372. The molecule has 0 radical (unpaired) electrons. The van der Waals surface area contributed by atoms with Gasteiger partial charge >= 0.3 is 0 Å². The van der Waals surface area contributed by atoms with Gasteiger partial charge in [-0.1, -0.05) is 30.3 Å². The van der Waals surface area contributed by atoms with Crippen molar-refractivity contribution >= 4 is 5.91 Å². The molecule has 0 spiro atoms. The van der Waals surface area contributed by atoms with Crippen molar-refractivity contribution in [3.63, 3.8) is 0 Å². The Kier molecular flexibility index (Phi) is 4.59. The highest BCUT2D eigenvalue weighted by Crippen LogP contribution is 2.30. The van der Waals surface area contributed by atoms with Crippen LogP contribution in [0.15, 0.2) is 40.8 Å². The lowest BCUT2D eigenvalue weighted by atomic mass is 9.91. The predicted molar refractivity (Wildman–Crippen MR) is 94.8 cm³/mol. The monoisotopic (exact) mass is 340 g/mol. The number of ether oxygens (including phenoxy) is 1. The van der Waals surface area contributed by atoms with E-state index < -0.39 is 6.04 Å². The van der Waals surface area contributed by atoms with Crippen molar-refractivity contribution in [1.82, 2.24) is 4.90 Å². The van der Waals surface area contributed by atoms with Crippen LogP contribution in [0.5, 0.6) is 0 Å². The molecule has 1 saturated heterocycles. The maximum Gasteiger partial charge on any atom is 0.240 e. The molecule has 3 heterocycles. The van der Waals surface area contributed by atoms with Gasteiger partial charge in [-0.15, -0.1) is 0 Å². The molecule has 2 aliphatic heterocycles. The zero-order valence-electron chi connectivity index (χ0n) is 14.3. The molecule has 0 saturated carbocycles. The third-order valence-electron chi connectivity index (χ3n) is 5.31. The Labute approximate surface area is 147 Å². The first-order valence-corrected chi connectivity index (χ1v) is 9.01. The largest absolute Gasteiger partial charge is 0.459 e. The molecule has 2 aromatic rings. The van der Waals surface area contributed by atoms with Gasteiger partial charge in [0.2, 0.25) is 5.91 Å². The van der Waals surface area contributed by atoms with Crippen LogP contribution in [-0.2, 0) is 22.5 Å². The fourth-order valence-corrected chi connectivity index (χ4v) is 3.74. The highest BCUT2D eigenvalue weighted by molar-refractivity contribution is 5.82. The van der Waals surface area contributed by atoms with E-state index in [0.717, 1.165) is 36.3 Å². The Morgan fingerprint density at radius 3 is 2.72 bits per heavy atom. The van der Waals surface area contributed by atoms with Crippen LogP contribution < -0.4 is 5.73 Å². The summed E-state index contributed by atoms with van der Waals surface area (Å²) in [6.07, 6.45) is 2.55. The number of furan rings is 1. The SMILES string of the molecule is NC(C(=O)N1CCc2cc(-c3ccccc3)oc2C1)C1CCOCC1. The van der Waals surface area contributed by atoms with Gasteiger partial charge in [0.1, 0.15) is 11.5 Å². The number of carbonyl (C=O) groups is 1. The molecule has 1 atom stereocenters. The van der Waals surface area contributed by atoms with Crippen LogP contribution in [0.2, 0.25) is 0 Å². The predicted octanol–water partition coefficient (Wildman–Crippen LogP) is 2.59. The van der Waals surface area contributed by atoms with E-state index in [4.69, 9.17) is 14.9 Å². The normalized spacial score (nSPS) is 19.5. The number of fused-ring (bicyclic) bond motifs is 1. The molecule has 1 fully saturated rings. The number of rotatable bonds is 3. The van der Waals surface area contributed by atoms with Gasteiger partial charge in [0.15, 0.2) is 0 Å². The van der Waals surface area contributed by atoms with E-state index in [-0.39, 0.29) is 11.8 Å². The van der Waals surface area contributed by atoms with Gasteiger partial charge in [0.05, 0.1) is 12.6 Å². The second-order valence-corrected chi connectivity index (χ2v) is 6.91. The fraction of sp³-hybridized carbons (Fsp3) is 0.450. The van der Waals surface area contributed by atoms with Gasteiger partial charge in [0, 0.05) is 25.3 Å². The number of nitrogens with zero attached hydrogens (tertiary/aromatic N) is 1. The minimum atomic E-state index is -0.436. The van der Waals surface area contributed by atoms with Crippen LogP contribution in [0.25, 0.3) is 11.3 Å². The van der Waals surface area contributed by atoms with Gasteiger partial charge in [-0.25, -0.2) is 0 Å². The van der Waals surface area contributed by atoms with E-state index >= 15 is 0 Å². The summed E-state index contributed by atoms with van der Waals surface area (Å²) in [6.45, 7) is 2.62. The molecule has 1 aromatic heterocycles. The molecule has 4 rings (SSSR count). The fourth-order valence-electron chi connectivity index (χ4n) is 3.74. The third-order valence-corrected chi connectivity index (χ3v) is 5.31. The standard InChI is InChI=1S/C20H24N2O3/c21-19(15-7-10-24-11-8-15)20(23)22-9-6-16-12-17(25-18(16)13-22)14-4-2-1-3-5-14/h1-5,12,15,19H,6-11,13,21H2. The summed E-state index contributed by atoms with van der Waals surface area (Å²) in [5.41, 5.74) is 8.52. The van der Waals surface area contributed by atoms with Crippen molar-refractivity contribution in [2.24, 2.45) is 11.7 Å². The molecule has 1 unspecified atom stereocenters. The van der Waals surface area contributed by atoms with Gasteiger partial charge in [-0.2, -0.15) is 0 Å². The average Bonchev–Trinajstić information content (AvgIpc) is 3.11. The Morgan fingerprint density at radius 2 is 1.96 bits per heavy atom. The first-order chi connectivity index (χ1) is 12.2. The Balaban J connectivity index is 1.47. The van der Waals surface area contributed by atoms with Crippen molar-refractivity contribution in [1.29, 1.82) is 0 Å². The zero-order chi connectivity index (χ0) is 17.2. The van der Waals surface area contributed by atoms with Crippen molar-refractivity contribution in [3.8, 4) is 11.3 Å². The van der Waals surface area contributed by atoms with Crippen LogP contribution in [0.1, 0.15) is 24.2 Å². The molecule has 5 nitrogen and oxygen atoms in total. The van der Waals surface area contributed by atoms with E-state index in [9.17, 15) is 4.79 Å². The van der Waals surface area contributed by atoms with Gasteiger partial charge < -0.3 is 19.8 Å². The summed E-state index contributed by atoms with van der Waals surface area (Å²) in [7, 11) is 0. The summed E-state index contributed by atoms with van der Waals surface area (Å²) in [5, 5.41) is 0. The van der Waals surface area contributed by atoms with Crippen LogP contribution in [-0.4, -0.2) is 36.6 Å². The zero-order valence-corrected chi connectivity index (χ0v) is 14.3. The molecule has 0 aliphatic carbocycles. The number of amides is 1. The van der Waals surface area contributed by atoms with E-state index in [2.05, 4.69) is 6.07 Å². The summed E-state index contributed by atoms with van der Waals surface area (Å²) in [4.78, 5) is 14.7. The summed E-state index contributed by atoms with van der Waals surface area (Å²) < 4.78 is 11.4. The van der Waals surface area contributed by atoms with Crippen LogP contribution in [0.4, 0.5) is 0 Å². The lowest BCUT2D eigenvalue weighted by Gasteiger charge is -2.33. The molecule has 132 valence electrons. The van der Waals surface area contributed by atoms with Crippen LogP contribution in [0, 0.1) is 5.92 Å². The summed E-state index contributed by atoms with van der Waals surface area (Å²) >= 11 is 0. The first kappa shape index (κ1) is 16.4. The number of hydrogen-bond acceptors (Lipinski definition) is 4. The van der Waals surface area contributed by atoms with E-state index in [1.165, 1.54) is 5.56 Å². The van der Waals surface area contributed by atoms with Gasteiger partial charge in [-0.3, -0.25) is 4.79 Å². The highest BCUT2D eigenvalue weighted by Gasteiger charge is 2.32. The van der Waals surface area contributed by atoms with E-state index in [0.29, 0.717) is 26.3 Å². The number of benzene rings is 1. The van der Waals surface area contributed by atoms with Crippen molar-refractivity contribution in [2.75, 3.05) is 19.8 Å². The molecule has 1 aromatic carbocycles. The lowest BCUT2D eigenvalue weighted by molar-refractivity contribution is -0.136. The maximum atomic E-state index is 12.8. The Morgan fingerprint density at radius 1 is 1.20 bits per heavy atom. The van der Waals surface area contributed by atoms with Gasteiger partial charge in [-0.05, 0) is 36.8 Å². The van der Waals surface area contributed by atoms with Crippen LogP contribution in [0.3, 0.4) is 0 Å². The van der Waals surface area contributed by atoms with E-state index in [1.54, 1.807) is 0 Å². The molecular weight excluding hydrogens is 316 g/mol. The minimum Gasteiger partial charge on any atom is -0.459 e. The van der Waals surface area contributed by atoms with Crippen molar-refractivity contribution < 1.29 is 13.9 Å². The Hall–Kier alpha value is -2.11. The van der Waals surface area contributed by atoms with Gasteiger partial charge in [0.25, 0.3) is 0 Å². The number of hydrogen-bond donors (Lipinski definition) is 1. The summed E-state index contributed by atoms with van der Waals surface area (Å²) in [6, 6.07) is 11.7. The first-order valence-electron chi connectivity index (χ1n) is 9.01. The van der Waals surface area contributed by atoms with Crippen LogP contribution >= 0.6 is 0 Å². The molecule has 0 bridgehead atoms. The molecule has 25 heavy (non-hydrogen) atoms. The molecule has 5 heteroatoms. The van der Waals surface area contributed by atoms with E-state index in [1.807, 2.05) is 35.2 Å². The number of carbonyl (C=O) groups excluding carboxylic acids is 1. The molecule has 2 N–H and O–H groups in total. The summed E-state index contributed by atoms with van der Waals surface area (Å²) in [5.74, 6) is 2.01. The Bertz CT molecular complexity index is 735. The second-order valence-electron chi connectivity index (χ2n) is 6.91. The number of nitrogens with two attached hydrogens (primary N) is 1. The average molecular weight is 340 g/mol. The molecular formula is C20H24N2O3. The third kappa shape index (κ3) is 3.34. The highest BCUT2D eigenvalue weighted by atomic mass is 16.5. The lowest BCUT2D eigenvalue weighted by Crippen LogP contribution is -2.50. The molecule has 2 aliphatic rings. The second kappa shape index (κ2) is 7.02. The smallest absolute Gasteiger partial charge is 0.240 e. The quantitative estimate of drug-likeness (QED) is 0.932. The van der Waals surface area contributed by atoms with Crippen molar-refractivity contribution in [3.05, 3.63) is 47.7 Å². The maximum absolute atomic E-state index is 12.8. The van der Waals surface area contributed by atoms with Crippen molar-refractivity contribution in [2.45, 2.75) is 31.8 Å². The topological polar surface area (TPSA) is 68.7 Å².